The van der Waals surface area contributed by atoms with Crippen molar-refractivity contribution >= 4 is 5.91 Å². The van der Waals surface area contributed by atoms with Crippen LogP contribution in [0.3, 0.4) is 0 Å². The number of nitrogens with zero attached hydrogens (tertiary/aromatic N) is 1. The highest BCUT2D eigenvalue weighted by Crippen LogP contribution is 2.18. The first-order valence-electron chi connectivity index (χ1n) is 7.09. The van der Waals surface area contributed by atoms with Crippen molar-refractivity contribution < 1.29 is 13.9 Å². The highest BCUT2D eigenvalue weighted by molar-refractivity contribution is 5.82. The maximum atomic E-state index is 11.3. The van der Waals surface area contributed by atoms with E-state index in [-0.39, 0.29) is 12.0 Å². The minimum Gasteiger partial charge on any atom is -0.448 e. The fourth-order valence-corrected chi connectivity index (χ4v) is 1.85. The van der Waals surface area contributed by atoms with Crippen LogP contribution < -0.4 is 5.73 Å². The number of nitrogens with two attached hydrogens (primary N) is 1. The minimum absolute atomic E-state index is 0.0797. The molecule has 1 atom stereocenters. The van der Waals surface area contributed by atoms with E-state index in [0.29, 0.717) is 6.42 Å². The van der Waals surface area contributed by atoms with Gasteiger partial charge in [-0.3, -0.25) is 4.79 Å². The van der Waals surface area contributed by atoms with E-state index in [4.69, 9.17) is 14.9 Å². The highest BCUT2D eigenvalue weighted by Gasteiger charge is 2.21. The number of allylic oxidation sites excluding steroid dienone is 4. The molecule has 0 radical (unpaired) electrons. The van der Waals surface area contributed by atoms with Crippen LogP contribution in [0.5, 0.6) is 0 Å². The fourth-order valence-electron chi connectivity index (χ4n) is 1.85. The van der Waals surface area contributed by atoms with Gasteiger partial charge in [-0.15, -0.1) is 0 Å². The van der Waals surface area contributed by atoms with Crippen LogP contribution in [0.2, 0.25) is 0 Å². The Hall–Kier alpha value is -2.14. The average molecular weight is 304 g/mol. The van der Waals surface area contributed by atoms with E-state index in [9.17, 15) is 4.79 Å². The van der Waals surface area contributed by atoms with E-state index >= 15 is 0 Å². The number of ether oxygens (including phenoxy) is 1. The van der Waals surface area contributed by atoms with Gasteiger partial charge in [0.1, 0.15) is 5.76 Å². The normalized spacial score (nSPS) is 14.8. The van der Waals surface area contributed by atoms with Gasteiger partial charge in [0, 0.05) is 13.5 Å². The summed E-state index contributed by atoms with van der Waals surface area (Å²) in [5.41, 5.74) is 5.66. The molecule has 0 saturated carbocycles. The molecule has 5 heteroatoms. The molecule has 0 bridgehead atoms. The average Bonchev–Trinajstić information content (AvgIpc) is 2.94. The number of hydrogen-bond acceptors (Lipinski definition) is 4. The molecule has 1 amide bonds. The minimum atomic E-state index is -0.653. The number of hydrogen-bond donors (Lipinski definition) is 1. The molecule has 0 saturated heterocycles. The number of amides is 1. The summed E-state index contributed by atoms with van der Waals surface area (Å²) in [4.78, 5) is 15.1. The Morgan fingerprint density at radius 3 is 2.77 bits per heavy atom. The summed E-state index contributed by atoms with van der Waals surface area (Å²) in [5, 5.41) is 0. The van der Waals surface area contributed by atoms with E-state index in [1.54, 1.807) is 27.2 Å². The second kappa shape index (κ2) is 8.34. The van der Waals surface area contributed by atoms with E-state index < -0.39 is 5.41 Å². The zero-order valence-corrected chi connectivity index (χ0v) is 13.6. The molecule has 0 aliphatic carbocycles. The second-order valence-corrected chi connectivity index (χ2v) is 5.66. The second-order valence-electron chi connectivity index (χ2n) is 5.66. The smallest absolute Gasteiger partial charge is 0.226 e. The molecule has 0 spiro atoms. The quantitative estimate of drug-likeness (QED) is 0.749. The number of carbonyl (C=O) groups excluding carboxylic acids is 1. The molecule has 120 valence electrons. The van der Waals surface area contributed by atoms with Crippen LogP contribution in [-0.2, 0) is 16.0 Å². The van der Waals surface area contributed by atoms with Gasteiger partial charge in [-0.05, 0) is 20.8 Å². The van der Waals surface area contributed by atoms with Crippen LogP contribution >= 0.6 is 0 Å². The summed E-state index contributed by atoms with van der Waals surface area (Å²) in [5.74, 6) is 0.432. The Morgan fingerprint density at radius 2 is 2.23 bits per heavy atom. The standard InChI is InChI=1S/C17H24N2O3/c1-13(10-17(2,3)16(18)20)7-5-6-8-14(21-4)9-15-11-19-12-22-15/h5-8,10-12,14H,9H2,1-4H3,(H2,18,20)/b7-5+,8-6+,13-10+. The summed E-state index contributed by atoms with van der Waals surface area (Å²) in [6, 6.07) is 0. The summed E-state index contributed by atoms with van der Waals surface area (Å²) in [7, 11) is 1.65. The first-order valence-corrected chi connectivity index (χ1v) is 7.09. The number of rotatable bonds is 8. The monoisotopic (exact) mass is 304 g/mol. The van der Waals surface area contributed by atoms with Crippen molar-refractivity contribution in [2.45, 2.75) is 33.3 Å². The van der Waals surface area contributed by atoms with Crippen molar-refractivity contribution in [1.82, 2.24) is 4.98 Å². The first kappa shape index (κ1) is 17.9. The van der Waals surface area contributed by atoms with E-state index in [1.807, 2.05) is 37.3 Å². The van der Waals surface area contributed by atoms with E-state index in [1.165, 1.54) is 6.39 Å². The predicted octanol–water partition coefficient (Wildman–Crippen LogP) is 2.80. The molecule has 1 aromatic heterocycles. The third-order valence-electron chi connectivity index (χ3n) is 3.21. The van der Waals surface area contributed by atoms with Gasteiger partial charge in [-0.25, -0.2) is 4.98 Å². The van der Waals surface area contributed by atoms with Crippen molar-refractivity contribution in [2.24, 2.45) is 11.1 Å². The lowest BCUT2D eigenvalue weighted by molar-refractivity contribution is -0.123. The number of carbonyl (C=O) groups is 1. The van der Waals surface area contributed by atoms with Crippen LogP contribution in [0.15, 0.2) is 53.0 Å². The van der Waals surface area contributed by atoms with Gasteiger partial charge >= 0.3 is 0 Å². The van der Waals surface area contributed by atoms with Gasteiger partial charge in [-0.2, -0.15) is 0 Å². The lowest BCUT2D eigenvalue weighted by Gasteiger charge is -2.15. The maximum Gasteiger partial charge on any atom is 0.226 e. The summed E-state index contributed by atoms with van der Waals surface area (Å²) < 4.78 is 10.6. The van der Waals surface area contributed by atoms with Crippen molar-refractivity contribution in [1.29, 1.82) is 0 Å². The van der Waals surface area contributed by atoms with Crippen molar-refractivity contribution in [3.8, 4) is 0 Å². The largest absolute Gasteiger partial charge is 0.448 e. The van der Waals surface area contributed by atoms with Gasteiger partial charge in [0.05, 0.1) is 17.7 Å². The highest BCUT2D eigenvalue weighted by atomic mass is 16.5. The molecular weight excluding hydrogens is 280 g/mol. The van der Waals surface area contributed by atoms with Gasteiger partial charge in [0.25, 0.3) is 0 Å². The SMILES string of the molecule is COC(/C=C/C=C/C(C)=C/C(C)(C)C(N)=O)Cc1cnco1. The molecule has 1 heterocycles. The Labute approximate surface area is 131 Å². The topological polar surface area (TPSA) is 78.4 Å². The van der Waals surface area contributed by atoms with Crippen LogP contribution in [0.4, 0.5) is 0 Å². The maximum absolute atomic E-state index is 11.3. The molecule has 0 aliphatic heterocycles. The van der Waals surface area contributed by atoms with E-state index in [0.717, 1.165) is 11.3 Å². The molecule has 0 aliphatic rings. The molecular formula is C17H24N2O3. The Balaban J connectivity index is 2.59. The van der Waals surface area contributed by atoms with Crippen molar-refractivity contribution in [2.75, 3.05) is 7.11 Å². The molecule has 5 nitrogen and oxygen atoms in total. The molecule has 0 aromatic carbocycles. The Kier molecular flexibility index (Phi) is 6.79. The molecule has 1 rings (SSSR count). The van der Waals surface area contributed by atoms with Crippen molar-refractivity contribution in [3.05, 3.63) is 54.3 Å². The van der Waals surface area contributed by atoms with Gasteiger partial charge in [0.2, 0.25) is 5.91 Å². The van der Waals surface area contributed by atoms with Gasteiger partial charge in [0.15, 0.2) is 6.39 Å². The number of aromatic nitrogens is 1. The zero-order valence-electron chi connectivity index (χ0n) is 13.6. The van der Waals surface area contributed by atoms with Crippen LogP contribution in [0.1, 0.15) is 26.5 Å². The van der Waals surface area contributed by atoms with Gasteiger partial charge in [-0.1, -0.05) is 36.0 Å². The summed E-state index contributed by atoms with van der Waals surface area (Å²) >= 11 is 0. The Bertz CT molecular complexity index is 554. The lowest BCUT2D eigenvalue weighted by atomic mass is 9.90. The molecule has 0 fully saturated rings. The number of oxazole rings is 1. The zero-order chi connectivity index (χ0) is 16.6. The third kappa shape index (κ3) is 6.10. The number of primary amides is 1. The Morgan fingerprint density at radius 1 is 1.50 bits per heavy atom. The predicted molar refractivity (Wildman–Crippen MR) is 86.0 cm³/mol. The molecule has 2 N–H and O–H groups in total. The first-order chi connectivity index (χ1) is 10.3. The van der Waals surface area contributed by atoms with Crippen molar-refractivity contribution in [3.63, 3.8) is 0 Å². The molecule has 1 unspecified atom stereocenters. The van der Waals surface area contributed by atoms with E-state index in [2.05, 4.69) is 4.98 Å². The van der Waals surface area contributed by atoms with Gasteiger partial charge < -0.3 is 14.9 Å². The van der Waals surface area contributed by atoms with Crippen LogP contribution in [-0.4, -0.2) is 24.1 Å². The van der Waals surface area contributed by atoms with Crippen LogP contribution in [0.25, 0.3) is 0 Å². The number of methoxy groups -OCH3 is 1. The lowest BCUT2D eigenvalue weighted by Crippen LogP contribution is -2.29. The van der Waals surface area contributed by atoms with Crippen LogP contribution in [0, 0.1) is 5.41 Å². The molecule has 22 heavy (non-hydrogen) atoms. The molecule has 1 aromatic rings. The summed E-state index contributed by atoms with van der Waals surface area (Å²) in [6.45, 7) is 5.51. The summed E-state index contributed by atoms with van der Waals surface area (Å²) in [6.07, 6.45) is 13.1. The third-order valence-corrected chi connectivity index (χ3v) is 3.21. The fraction of sp³-hybridized carbons (Fsp3) is 0.412.